The fraction of sp³-hybridized carbons (Fsp3) is 1.00. The zero-order valence-electron chi connectivity index (χ0n) is 5.31. The van der Waals surface area contributed by atoms with Crippen LogP contribution in [0.5, 0.6) is 0 Å². The minimum atomic E-state index is 0.416. The van der Waals surface area contributed by atoms with E-state index in [0.717, 1.165) is 12.5 Å². The van der Waals surface area contributed by atoms with E-state index in [1.54, 1.807) is 0 Å². The molecular formula is C7H12O. The maximum absolute atomic E-state index is 5.56. The molecule has 1 heteroatoms. The predicted molar refractivity (Wildman–Crippen MR) is 31.7 cm³/mol. The maximum atomic E-state index is 5.56. The second kappa shape index (κ2) is 1.27. The smallest absolute Gasteiger partial charge is 0.0688 e. The van der Waals surface area contributed by atoms with Crippen LogP contribution in [0.1, 0.15) is 26.2 Å². The number of ether oxygens (including phenoxy) is 1. The average molecular weight is 112 g/mol. The lowest BCUT2D eigenvalue weighted by molar-refractivity contribution is 0.0880. The molecule has 0 aromatic rings. The molecule has 0 aromatic heterocycles. The van der Waals surface area contributed by atoms with Gasteiger partial charge in [-0.2, -0.15) is 0 Å². The Balaban J connectivity index is 2.03. The van der Waals surface area contributed by atoms with E-state index in [0.29, 0.717) is 5.60 Å². The average Bonchev–Trinajstić information content (AvgIpc) is 2.34. The summed E-state index contributed by atoms with van der Waals surface area (Å²) in [5.74, 6) is 0.831. The summed E-state index contributed by atoms with van der Waals surface area (Å²) in [7, 11) is 0. The Morgan fingerprint density at radius 2 is 2.25 bits per heavy atom. The molecule has 0 aromatic carbocycles. The third-order valence-corrected chi connectivity index (χ3v) is 2.20. The van der Waals surface area contributed by atoms with Crippen LogP contribution >= 0.6 is 0 Å². The van der Waals surface area contributed by atoms with Crippen molar-refractivity contribution in [1.82, 2.24) is 0 Å². The molecule has 1 aliphatic heterocycles. The van der Waals surface area contributed by atoms with Crippen LogP contribution in [0.4, 0.5) is 0 Å². The van der Waals surface area contributed by atoms with Gasteiger partial charge in [-0.15, -0.1) is 0 Å². The molecule has 1 nitrogen and oxygen atoms in total. The van der Waals surface area contributed by atoms with Gasteiger partial charge < -0.3 is 4.74 Å². The van der Waals surface area contributed by atoms with E-state index >= 15 is 0 Å². The van der Waals surface area contributed by atoms with Crippen molar-refractivity contribution in [2.24, 2.45) is 5.92 Å². The summed E-state index contributed by atoms with van der Waals surface area (Å²) < 4.78 is 5.56. The molecule has 1 atom stereocenters. The molecule has 0 unspecified atom stereocenters. The predicted octanol–water partition coefficient (Wildman–Crippen LogP) is 1.58. The standard InChI is InChI=1S/C7H12O/c1-6-4-7(2-3-7)8-5-6/h6H,2-5H2,1H3/t6-/m1/s1. The van der Waals surface area contributed by atoms with Gasteiger partial charge in [0.25, 0.3) is 0 Å². The fourth-order valence-corrected chi connectivity index (χ4v) is 1.56. The van der Waals surface area contributed by atoms with Crippen LogP contribution in [0.2, 0.25) is 0 Å². The second-order valence-electron chi connectivity index (χ2n) is 3.30. The highest BCUT2D eigenvalue weighted by Crippen LogP contribution is 2.48. The van der Waals surface area contributed by atoms with Crippen LogP contribution < -0.4 is 0 Å². The van der Waals surface area contributed by atoms with Crippen LogP contribution in [0.3, 0.4) is 0 Å². The Morgan fingerprint density at radius 3 is 2.50 bits per heavy atom. The Hall–Kier alpha value is -0.0400. The second-order valence-corrected chi connectivity index (χ2v) is 3.30. The molecule has 46 valence electrons. The van der Waals surface area contributed by atoms with E-state index in [1.165, 1.54) is 19.3 Å². The molecular weight excluding hydrogens is 100 g/mol. The molecule has 0 N–H and O–H groups in total. The number of rotatable bonds is 0. The van der Waals surface area contributed by atoms with Gasteiger partial charge >= 0.3 is 0 Å². The summed E-state index contributed by atoms with van der Waals surface area (Å²) in [4.78, 5) is 0. The van der Waals surface area contributed by atoms with Crippen molar-refractivity contribution in [2.45, 2.75) is 31.8 Å². The molecule has 8 heavy (non-hydrogen) atoms. The van der Waals surface area contributed by atoms with Gasteiger partial charge in [0.05, 0.1) is 5.60 Å². The molecule has 1 saturated carbocycles. The van der Waals surface area contributed by atoms with E-state index in [2.05, 4.69) is 6.92 Å². The monoisotopic (exact) mass is 112 g/mol. The van der Waals surface area contributed by atoms with Crippen LogP contribution in [0.15, 0.2) is 0 Å². The van der Waals surface area contributed by atoms with Gasteiger partial charge in [-0.25, -0.2) is 0 Å². The molecule has 1 heterocycles. The summed E-state index contributed by atoms with van der Waals surface area (Å²) >= 11 is 0. The molecule has 2 fully saturated rings. The largest absolute Gasteiger partial charge is 0.375 e. The van der Waals surface area contributed by atoms with Gasteiger partial charge in [0.1, 0.15) is 0 Å². The van der Waals surface area contributed by atoms with Gasteiger partial charge in [0.2, 0.25) is 0 Å². The van der Waals surface area contributed by atoms with Crippen LogP contribution in [-0.2, 0) is 4.74 Å². The third-order valence-electron chi connectivity index (χ3n) is 2.20. The molecule has 1 spiro atoms. The first kappa shape index (κ1) is 4.80. The highest BCUT2D eigenvalue weighted by molar-refractivity contribution is 4.99. The molecule has 0 amide bonds. The van der Waals surface area contributed by atoms with Crippen LogP contribution in [0, 0.1) is 5.92 Å². The molecule has 1 aliphatic carbocycles. The Kier molecular flexibility index (Phi) is 0.762. The van der Waals surface area contributed by atoms with E-state index in [9.17, 15) is 0 Å². The van der Waals surface area contributed by atoms with Gasteiger partial charge in [0.15, 0.2) is 0 Å². The molecule has 0 radical (unpaired) electrons. The SMILES string of the molecule is C[C@H]1COC2(CC2)C1. The lowest BCUT2D eigenvalue weighted by Gasteiger charge is -2.00. The summed E-state index contributed by atoms with van der Waals surface area (Å²) in [6, 6.07) is 0. The highest BCUT2D eigenvalue weighted by atomic mass is 16.5. The van der Waals surface area contributed by atoms with Crippen molar-refractivity contribution in [2.75, 3.05) is 6.61 Å². The maximum Gasteiger partial charge on any atom is 0.0688 e. The van der Waals surface area contributed by atoms with E-state index in [1.807, 2.05) is 0 Å². The summed E-state index contributed by atoms with van der Waals surface area (Å²) in [5.41, 5.74) is 0.416. The lowest BCUT2D eigenvalue weighted by Crippen LogP contribution is -2.02. The molecule has 0 bridgehead atoms. The summed E-state index contributed by atoms with van der Waals surface area (Å²) in [5, 5.41) is 0. The van der Waals surface area contributed by atoms with Gasteiger partial charge in [-0.3, -0.25) is 0 Å². The van der Waals surface area contributed by atoms with Crippen molar-refractivity contribution >= 4 is 0 Å². The topological polar surface area (TPSA) is 9.23 Å². The number of hydrogen-bond acceptors (Lipinski definition) is 1. The van der Waals surface area contributed by atoms with E-state index in [-0.39, 0.29) is 0 Å². The summed E-state index contributed by atoms with van der Waals surface area (Å²) in [6.07, 6.45) is 3.99. The van der Waals surface area contributed by atoms with Crippen LogP contribution in [0.25, 0.3) is 0 Å². The number of hydrogen-bond donors (Lipinski definition) is 0. The van der Waals surface area contributed by atoms with Crippen LogP contribution in [-0.4, -0.2) is 12.2 Å². The van der Waals surface area contributed by atoms with E-state index in [4.69, 9.17) is 4.74 Å². The zero-order chi connectivity index (χ0) is 5.61. The van der Waals surface area contributed by atoms with Gasteiger partial charge in [-0.05, 0) is 25.2 Å². The lowest BCUT2D eigenvalue weighted by atomic mass is 10.1. The van der Waals surface area contributed by atoms with Gasteiger partial charge in [0, 0.05) is 6.61 Å². The molecule has 2 rings (SSSR count). The molecule has 1 saturated heterocycles. The molecule has 2 aliphatic rings. The normalized spacial score (nSPS) is 40.9. The Labute approximate surface area is 50.0 Å². The Bertz CT molecular complexity index is 105. The highest BCUT2D eigenvalue weighted by Gasteiger charge is 2.48. The minimum absolute atomic E-state index is 0.416. The van der Waals surface area contributed by atoms with Gasteiger partial charge in [-0.1, -0.05) is 6.92 Å². The minimum Gasteiger partial charge on any atom is -0.375 e. The fourth-order valence-electron chi connectivity index (χ4n) is 1.56. The van der Waals surface area contributed by atoms with Crippen molar-refractivity contribution in [3.05, 3.63) is 0 Å². The third kappa shape index (κ3) is 0.576. The van der Waals surface area contributed by atoms with Crippen molar-refractivity contribution < 1.29 is 4.74 Å². The quantitative estimate of drug-likeness (QED) is 0.462. The Morgan fingerprint density at radius 1 is 1.50 bits per heavy atom. The first-order valence-corrected chi connectivity index (χ1v) is 3.45. The van der Waals surface area contributed by atoms with E-state index < -0.39 is 0 Å². The summed E-state index contributed by atoms with van der Waals surface area (Å²) in [6.45, 7) is 3.28. The van der Waals surface area contributed by atoms with Crippen molar-refractivity contribution in [3.63, 3.8) is 0 Å². The first-order chi connectivity index (χ1) is 3.81. The first-order valence-electron chi connectivity index (χ1n) is 3.45. The van der Waals surface area contributed by atoms with Crippen molar-refractivity contribution in [1.29, 1.82) is 0 Å². The zero-order valence-corrected chi connectivity index (χ0v) is 5.31. The van der Waals surface area contributed by atoms with Crippen molar-refractivity contribution in [3.8, 4) is 0 Å².